The van der Waals surface area contributed by atoms with E-state index in [-0.39, 0.29) is 12.3 Å². The molecule has 3 amide bonds. The lowest BCUT2D eigenvalue weighted by molar-refractivity contribution is -0.135. The number of rotatable bonds is 7. The zero-order chi connectivity index (χ0) is 21.1. The molecule has 0 bridgehead atoms. The van der Waals surface area contributed by atoms with Crippen LogP contribution in [0.2, 0.25) is 0 Å². The van der Waals surface area contributed by atoms with Crippen molar-refractivity contribution < 1.29 is 14.4 Å². The average molecular weight is 419 g/mol. The Morgan fingerprint density at radius 3 is 2.13 bits per heavy atom. The molecule has 0 spiro atoms. The van der Waals surface area contributed by atoms with Crippen molar-refractivity contribution in [3.63, 3.8) is 0 Å². The molecular weight excluding hydrogens is 396 g/mol. The van der Waals surface area contributed by atoms with Crippen molar-refractivity contribution in [3.8, 4) is 0 Å². The summed E-state index contributed by atoms with van der Waals surface area (Å²) in [6.45, 7) is 2.86. The van der Waals surface area contributed by atoms with Gasteiger partial charge in [-0.25, -0.2) is 0 Å². The maximum absolute atomic E-state index is 13.6. The predicted octanol–water partition coefficient (Wildman–Crippen LogP) is 4.00. The van der Waals surface area contributed by atoms with Crippen molar-refractivity contribution >= 4 is 29.1 Å². The summed E-state index contributed by atoms with van der Waals surface area (Å²) < 4.78 is 0. The molecule has 0 saturated heterocycles. The first-order valence-electron chi connectivity index (χ1n) is 9.92. The number of amides is 3. The van der Waals surface area contributed by atoms with Gasteiger partial charge in [0.15, 0.2) is 0 Å². The number of imide groups is 1. The topological polar surface area (TPSA) is 57.7 Å². The van der Waals surface area contributed by atoms with Gasteiger partial charge in [0.05, 0.1) is 17.7 Å². The van der Waals surface area contributed by atoms with E-state index >= 15 is 0 Å². The van der Waals surface area contributed by atoms with Gasteiger partial charge in [-0.1, -0.05) is 48.5 Å². The summed E-state index contributed by atoms with van der Waals surface area (Å²) in [5.74, 6) is -1.03. The van der Waals surface area contributed by atoms with Crippen molar-refractivity contribution in [2.45, 2.75) is 25.9 Å². The van der Waals surface area contributed by atoms with E-state index in [9.17, 15) is 14.4 Å². The fraction of sp³-hybridized carbons (Fsp3) is 0.208. The second-order valence-electron chi connectivity index (χ2n) is 7.16. The van der Waals surface area contributed by atoms with Gasteiger partial charge >= 0.3 is 0 Å². The van der Waals surface area contributed by atoms with Gasteiger partial charge in [0.1, 0.15) is 6.04 Å². The molecule has 0 radical (unpaired) electrons. The van der Waals surface area contributed by atoms with Crippen molar-refractivity contribution in [2.75, 3.05) is 6.54 Å². The number of nitrogens with zero attached hydrogens (tertiary/aromatic N) is 2. The molecule has 30 heavy (non-hydrogen) atoms. The fourth-order valence-electron chi connectivity index (χ4n) is 3.76. The molecule has 1 aliphatic rings. The molecule has 152 valence electrons. The first kappa shape index (κ1) is 20.0. The van der Waals surface area contributed by atoms with Gasteiger partial charge in [-0.2, -0.15) is 0 Å². The minimum atomic E-state index is -0.889. The van der Waals surface area contributed by atoms with Gasteiger partial charge in [0, 0.05) is 17.8 Å². The highest BCUT2D eigenvalue weighted by molar-refractivity contribution is 7.09. The SMILES string of the molecule is CCN(Cc1cccs1)C(=O)[C@H](Cc1ccccc1)N1C(=O)c2ccccc2C1=O. The van der Waals surface area contributed by atoms with E-state index in [0.717, 1.165) is 15.3 Å². The van der Waals surface area contributed by atoms with Gasteiger partial charge in [0.25, 0.3) is 11.8 Å². The normalized spacial score (nSPS) is 14.0. The summed E-state index contributed by atoms with van der Waals surface area (Å²) in [5.41, 5.74) is 1.61. The molecule has 3 aromatic rings. The number of fused-ring (bicyclic) bond motifs is 1. The Hall–Kier alpha value is -3.25. The molecule has 0 unspecified atom stereocenters. The molecule has 0 saturated carbocycles. The number of carbonyl (C=O) groups is 3. The molecule has 0 N–H and O–H groups in total. The van der Waals surface area contributed by atoms with Crippen LogP contribution in [0, 0.1) is 0 Å². The highest BCUT2D eigenvalue weighted by Crippen LogP contribution is 2.27. The Morgan fingerprint density at radius 2 is 1.57 bits per heavy atom. The first-order chi connectivity index (χ1) is 14.6. The van der Waals surface area contributed by atoms with Crippen molar-refractivity contribution in [2.24, 2.45) is 0 Å². The van der Waals surface area contributed by atoms with Crippen molar-refractivity contribution in [1.29, 1.82) is 0 Å². The van der Waals surface area contributed by atoms with Crippen LogP contribution in [0.3, 0.4) is 0 Å². The molecule has 2 heterocycles. The van der Waals surface area contributed by atoms with Crippen LogP contribution >= 0.6 is 11.3 Å². The van der Waals surface area contributed by atoms with Gasteiger partial charge in [-0.15, -0.1) is 11.3 Å². The summed E-state index contributed by atoms with van der Waals surface area (Å²) in [6, 6.07) is 19.3. The second-order valence-corrected chi connectivity index (χ2v) is 8.20. The Bertz CT molecular complexity index is 1030. The maximum Gasteiger partial charge on any atom is 0.262 e. The van der Waals surface area contributed by atoms with Crippen LogP contribution in [0.5, 0.6) is 0 Å². The van der Waals surface area contributed by atoms with E-state index in [1.165, 1.54) is 0 Å². The molecular formula is C24H22N2O3S. The second kappa shape index (κ2) is 8.63. The maximum atomic E-state index is 13.6. The number of carbonyl (C=O) groups excluding carboxylic acids is 3. The van der Waals surface area contributed by atoms with Gasteiger partial charge in [-0.05, 0) is 36.1 Å². The molecule has 6 heteroatoms. The number of likely N-dealkylation sites (N-methyl/N-ethyl adjacent to an activating group) is 1. The van der Waals surface area contributed by atoms with Crippen LogP contribution in [0.15, 0.2) is 72.1 Å². The molecule has 4 rings (SSSR count). The quantitative estimate of drug-likeness (QED) is 0.545. The fourth-order valence-corrected chi connectivity index (χ4v) is 4.48. The molecule has 0 aliphatic carbocycles. The van der Waals surface area contributed by atoms with Crippen molar-refractivity contribution in [3.05, 3.63) is 93.7 Å². The Labute approximate surface area is 179 Å². The van der Waals surface area contributed by atoms with Crippen LogP contribution in [0.4, 0.5) is 0 Å². The number of hydrogen-bond acceptors (Lipinski definition) is 4. The third-order valence-electron chi connectivity index (χ3n) is 5.31. The highest BCUT2D eigenvalue weighted by Gasteiger charge is 2.43. The lowest BCUT2D eigenvalue weighted by Gasteiger charge is -2.31. The smallest absolute Gasteiger partial charge is 0.262 e. The zero-order valence-corrected chi connectivity index (χ0v) is 17.5. The average Bonchev–Trinajstić information content (AvgIpc) is 3.38. The van der Waals surface area contributed by atoms with Crippen LogP contribution < -0.4 is 0 Å². The predicted molar refractivity (Wildman–Crippen MR) is 116 cm³/mol. The Kier molecular flexibility index (Phi) is 5.77. The third kappa shape index (κ3) is 3.78. The molecule has 1 aliphatic heterocycles. The van der Waals surface area contributed by atoms with Gasteiger partial charge in [0.2, 0.25) is 5.91 Å². The summed E-state index contributed by atoms with van der Waals surface area (Å²) >= 11 is 1.58. The molecule has 1 aromatic heterocycles. The van der Waals surface area contributed by atoms with E-state index in [0.29, 0.717) is 24.2 Å². The van der Waals surface area contributed by atoms with E-state index in [1.807, 2.05) is 54.8 Å². The van der Waals surface area contributed by atoms with Gasteiger partial charge in [-0.3, -0.25) is 19.3 Å². The van der Waals surface area contributed by atoms with Gasteiger partial charge < -0.3 is 4.90 Å². The van der Waals surface area contributed by atoms with E-state index < -0.39 is 17.9 Å². The monoisotopic (exact) mass is 418 g/mol. The third-order valence-corrected chi connectivity index (χ3v) is 6.18. The van der Waals surface area contributed by atoms with E-state index in [1.54, 1.807) is 40.5 Å². The minimum Gasteiger partial charge on any atom is -0.336 e. The van der Waals surface area contributed by atoms with Crippen LogP contribution in [0.1, 0.15) is 38.1 Å². The standard InChI is InChI=1S/C24H22N2O3S/c1-2-25(16-18-11-8-14-30-18)24(29)21(15-17-9-4-3-5-10-17)26-22(27)19-12-6-7-13-20(19)23(26)28/h3-14,21H,2,15-16H2,1H3/t21-/m0/s1. The summed E-state index contributed by atoms with van der Waals surface area (Å²) in [4.78, 5) is 43.8. The van der Waals surface area contributed by atoms with Crippen LogP contribution in [0.25, 0.3) is 0 Å². The molecule has 0 fully saturated rings. The molecule has 1 atom stereocenters. The summed E-state index contributed by atoms with van der Waals surface area (Å²) in [7, 11) is 0. The highest BCUT2D eigenvalue weighted by atomic mass is 32.1. The Balaban J connectivity index is 1.69. The lowest BCUT2D eigenvalue weighted by atomic mass is 10.0. The summed E-state index contributed by atoms with van der Waals surface area (Å²) in [5, 5.41) is 1.97. The number of thiophene rings is 1. The minimum absolute atomic E-state index is 0.218. The van der Waals surface area contributed by atoms with Crippen molar-refractivity contribution in [1.82, 2.24) is 9.80 Å². The lowest BCUT2D eigenvalue weighted by Crippen LogP contribution is -2.51. The zero-order valence-electron chi connectivity index (χ0n) is 16.7. The van der Waals surface area contributed by atoms with Crippen LogP contribution in [-0.2, 0) is 17.8 Å². The van der Waals surface area contributed by atoms with E-state index in [2.05, 4.69) is 0 Å². The number of benzene rings is 2. The molecule has 5 nitrogen and oxygen atoms in total. The summed E-state index contributed by atoms with van der Waals surface area (Å²) in [6.07, 6.45) is 0.284. The van der Waals surface area contributed by atoms with Crippen LogP contribution in [-0.4, -0.2) is 40.1 Å². The molecule has 2 aromatic carbocycles. The number of hydrogen-bond donors (Lipinski definition) is 0. The largest absolute Gasteiger partial charge is 0.336 e. The van der Waals surface area contributed by atoms with E-state index in [4.69, 9.17) is 0 Å². The first-order valence-corrected chi connectivity index (χ1v) is 10.8. The Morgan fingerprint density at radius 1 is 0.933 bits per heavy atom.